The van der Waals surface area contributed by atoms with Crippen LogP contribution in [-0.2, 0) is 6.42 Å². The summed E-state index contributed by atoms with van der Waals surface area (Å²) in [5, 5.41) is 3.15. The lowest BCUT2D eigenvalue weighted by molar-refractivity contribution is 1.13. The Balaban J connectivity index is 1.85. The Labute approximate surface area is 115 Å². The maximum atomic E-state index is 5.90. The van der Waals surface area contributed by atoms with Gasteiger partial charge in [-0.05, 0) is 11.6 Å². The molecule has 94 valence electrons. The smallest absolute Gasteiger partial charge is 0.0977 e. The zero-order valence-electron chi connectivity index (χ0n) is 10.3. The average Bonchev–Trinajstić information content (AvgIpc) is 2.91. The molecule has 3 aromatic rings. The highest BCUT2D eigenvalue weighted by Gasteiger charge is 2.06. The Morgan fingerprint density at radius 3 is 2.74 bits per heavy atom. The fourth-order valence-corrected chi connectivity index (χ4v) is 2.72. The van der Waals surface area contributed by atoms with Crippen LogP contribution in [0.15, 0.2) is 54.2 Å². The molecule has 0 aliphatic heterocycles. The van der Waals surface area contributed by atoms with Crippen molar-refractivity contribution in [3.63, 3.8) is 0 Å². The van der Waals surface area contributed by atoms with Crippen LogP contribution in [0.25, 0.3) is 11.3 Å². The summed E-state index contributed by atoms with van der Waals surface area (Å²) in [5.74, 6) is 0. The van der Waals surface area contributed by atoms with E-state index in [0.717, 1.165) is 33.9 Å². The van der Waals surface area contributed by atoms with E-state index in [1.54, 1.807) is 23.7 Å². The predicted molar refractivity (Wildman–Crippen MR) is 79.0 cm³/mol. The first-order chi connectivity index (χ1) is 9.33. The van der Waals surface area contributed by atoms with E-state index in [-0.39, 0.29) is 0 Å². The molecule has 2 aromatic heterocycles. The van der Waals surface area contributed by atoms with Gasteiger partial charge in [0.1, 0.15) is 0 Å². The van der Waals surface area contributed by atoms with Crippen LogP contribution in [0.3, 0.4) is 0 Å². The molecular formula is C15H13N3S. The van der Waals surface area contributed by atoms with E-state index in [1.807, 2.05) is 24.3 Å². The normalized spacial score (nSPS) is 10.5. The molecule has 2 heterocycles. The molecule has 3 nitrogen and oxygen atoms in total. The van der Waals surface area contributed by atoms with Gasteiger partial charge in [-0.2, -0.15) is 0 Å². The minimum atomic E-state index is 0.721. The molecule has 2 N–H and O–H groups in total. The molecule has 1 aromatic carbocycles. The number of hydrogen-bond donors (Lipinski definition) is 1. The first-order valence-electron chi connectivity index (χ1n) is 6.01. The summed E-state index contributed by atoms with van der Waals surface area (Å²) in [6.45, 7) is 0. The van der Waals surface area contributed by atoms with Gasteiger partial charge in [0.2, 0.25) is 0 Å². The first kappa shape index (κ1) is 11.9. The van der Waals surface area contributed by atoms with Crippen LogP contribution >= 0.6 is 11.3 Å². The van der Waals surface area contributed by atoms with Crippen molar-refractivity contribution in [1.29, 1.82) is 0 Å². The third kappa shape index (κ3) is 2.63. The minimum absolute atomic E-state index is 0.721. The van der Waals surface area contributed by atoms with Crippen LogP contribution in [-0.4, -0.2) is 9.97 Å². The summed E-state index contributed by atoms with van der Waals surface area (Å²) in [5.41, 5.74) is 9.86. The molecule has 0 fully saturated rings. The summed E-state index contributed by atoms with van der Waals surface area (Å²) in [7, 11) is 0. The highest BCUT2D eigenvalue weighted by atomic mass is 32.1. The van der Waals surface area contributed by atoms with Crippen molar-refractivity contribution in [1.82, 2.24) is 9.97 Å². The molecule has 0 aliphatic carbocycles. The molecule has 4 heteroatoms. The van der Waals surface area contributed by atoms with E-state index in [4.69, 9.17) is 5.73 Å². The molecule has 0 spiro atoms. The van der Waals surface area contributed by atoms with Gasteiger partial charge in [0.15, 0.2) is 0 Å². The topological polar surface area (TPSA) is 51.8 Å². The lowest BCUT2D eigenvalue weighted by Gasteiger charge is -2.01. The molecule has 0 aliphatic rings. The molecule has 0 saturated heterocycles. The molecule has 0 unspecified atom stereocenters. The highest BCUT2D eigenvalue weighted by molar-refractivity contribution is 7.10. The number of benzene rings is 1. The van der Waals surface area contributed by atoms with Gasteiger partial charge in [-0.15, -0.1) is 11.3 Å². The second-order valence-electron chi connectivity index (χ2n) is 4.24. The van der Waals surface area contributed by atoms with Crippen LogP contribution in [0.1, 0.15) is 10.6 Å². The lowest BCUT2D eigenvalue weighted by Crippen LogP contribution is -1.96. The molecule has 0 saturated carbocycles. The Morgan fingerprint density at radius 2 is 1.95 bits per heavy atom. The second-order valence-corrected chi connectivity index (χ2v) is 5.19. The maximum absolute atomic E-state index is 5.90. The average molecular weight is 267 g/mol. The fourth-order valence-electron chi connectivity index (χ4n) is 1.89. The van der Waals surface area contributed by atoms with Crippen molar-refractivity contribution < 1.29 is 0 Å². The third-order valence-electron chi connectivity index (χ3n) is 2.91. The third-order valence-corrected chi connectivity index (χ3v) is 3.76. The van der Waals surface area contributed by atoms with Crippen LogP contribution in [0.4, 0.5) is 5.69 Å². The lowest BCUT2D eigenvalue weighted by atomic mass is 10.1. The Morgan fingerprint density at radius 1 is 1.11 bits per heavy atom. The van der Waals surface area contributed by atoms with E-state index in [2.05, 4.69) is 27.5 Å². The summed E-state index contributed by atoms with van der Waals surface area (Å²) in [6, 6.07) is 12.1. The van der Waals surface area contributed by atoms with Gasteiger partial charge >= 0.3 is 0 Å². The molecule has 0 bridgehead atoms. The number of nitrogen functional groups attached to an aromatic ring is 1. The summed E-state index contributed by atoms with van der Waals surface area (Å²) in [4.78, 5) is 8.66. The highest BCUT2D eigenvalue weighted by Crippen LogP contribution is 2.24. The van der Waals surface area contributed by atoms with Crippen molar-refractivity contribution in [2.75, 3.05) is 5.73 Å². The van der Waals surface area contributed by atoms with Gasteiger partial charge in [0.25, 0.3) is 0 Å². The van der Waals surface area contributed by atoms with Crippen LogP contribution < -0.4 is 5.73 Å². The Hall–Kier alpha value is -2.20. The van der Waals surface area contributed by atoms with E-state index >= 15 is 0 Å². The van der Waals surface area contributed by atoms with Gasteiger partial charge in [-0.25, -0.2) is 4.98 Å². The largest absolute Gasteiger partial charge is 0.397 e. The van der Waals surface area contributed by atoms with E-state index in [0.29, 0.717) is 0 Å². The standard InChI is InChI=1S/C15H13N3S/c16-13-9-17-7-6-12(13)8-15-18-14(10-19-15)11-4-2-1-3-5-11/h1-7,9-10H,8,16H2. The van der Waals surface area contributed by atoms with Crippen molar-refractivity contribution in [2.45, 2.75) is 6.42 Å². The van der Waals surface area contributed by atoms with Gasteiger partial charge in [0, 0.05) is 23.6 Å². The second kappa shape index (κ2) is 5.20. The number of thiazole rings is 1. The number of hydrogen-bond acceptors (Lipinski definition) is 4. The van der Waals surface area contributed by atoms with Crippen molar-refractivity contribution in [3.8, 4) is 11.3 Å². The Kier molecular flexibility index (Phi) is 3.25. The van der Waals surface area contributed by atoms with E-state index in [9.17, 15) is 0 Å². The number of rotatable bonds is 3. The van der Waals surface area contributed by atoms with E-state index in [1.165, 1.54) is 0 Å². The zero-order valence-corrected chi connectivity index (χ0v) is 11.1. The maximum Gasteiger partial charge on any atom is 0.0977 e. The Bertz CT molecular complexity index is 677. The van der Waals surface area contributed by atoms with Gasteiger partial charge in [-0.1, -0.05) is 30.3 Å². The number of nitrogens with zero attached hydrogens (tertiary/aromatic N) is 2. The van der Waals surface area contributed by atoms with Crippen LogP contribution in [0.2, 0.25) is 0 Å². The molecule has 0 atom stereocenters. The van der Waals surface area contributed by atoms with Crippen molar-refractivity contribution in [2.24, 2.45) is 0 Å². The van der Waals surface area contributed by atoms with Gasteiger partial charge < -0.3 is 5.73 Å². The van der Waals surface area contributed by atoms with Crippen LogP contribution in [0.5, 0.6) is 0 Å². The SMILES string of the molecule is Nc1cnccc1Cc1nc(-c2ccccc2)cs1. The minimum Gasteiger partial charge on any atom is -0.397 e. The van der Waals surface area contributed by atoms with E-state index < -0.39 is 0 Å². The molecule has 3 rings (SSSR count). The molecule has 0 amide bonds. The summed E-state index contributed by atoms with van der Waals surface area (Å²) in [6.07, 6.45) is 4.20. The van der Waals surface area contributed by atoms with Gasteiger partial charge in [0.05, 0.1) is 22.6 Å². The number of pyridine rings is 1. The molecule has 0 radical (unpaired) electrons. The first-order valence-corrected chi connectivity index (χ1v) is 6.89. The summed E-state index contributed by atoms with van der Waals surface area (Å²) < 4.78 is 0. The monoisotopic (exact) mass is 267 g/mol. The summed E-state index contributed by atoms with van der Waals surface area (Å²) >= 11 is 1.66. The van der Waals surface area contributed by atoms with Gasteiger partial charge in [-0.3, -0.25) is 4.98 Å². The number of anilines is 1. The fraction of sp³-hybridized carbons (Fsp3) is 0.0667. The van der Waals surface area contributed by atoms with Crippen LogP contribution in [0, 0.1) is 0 Å². The quantitative estimate of drug-likeness (QED) is 0.791. The number of aromatic nitrogens is 2. The van der Waals surface area contributed by atoms with Crippen molar-refractivity contribution in [3.05, 3.63) is 64.7 Å². The predicted octanol–water partition coefficient (Wildman–Crippen LogP) is 3.38. The molecular weight excluding hydrogens is 254 g/mol. The molecule has 19 heavy (non-hydrogen) atoms. The number of nitrogens with two attached hydrogens (primary N) is 1. The van der Waals surface area contributed by atoms with Crippen molar-refractivity contribution >= 4 is 17.0 Å². The zero-order chi connectivity index (χ0) is 13.1.